The zero-order valence-corrected chi connectivity index (χ0v) is 33.2. The first-order valence-corrected chi connectivity index (χ1v) is 23.3. The number of hydrogen-bond donors (Lipinski definition) is 1. The van der Waals surface area contributed by atoms with Crippen molar-refractivity contribution < 1.29 is 13.3 Å². The zero-order chi connectivity index (χ0) is 33.5. The van der Waals surface area contributed by atoms with Crippen LogP contribution in [0.1, 0.15) is 233 Å². The summed E-state index contributed by atoms with van der Waals surface area (Å²) < 4.78 is 19.9. The van der Waals surface area contributed by atoms with Gasteiger partial charge < -0.3 is 19.0 Å². The third-order valence-corrected chi connectivity index (χ3v) is 12.5. The fourth-order valence-corrected chi connectivity index (χ4v) is 9.15. The minimum absolute atomic E-state index is 0.681. The largest absolute Gasteiger partial charge is 0.501 e. The highest BCUT2D eigenvalue weighted by Gasteiger charge is 2.40. The molecule has 0 saturated carbocycles. The standard InChI is InChI=1S/C41H87NO3Si/c1-4-7-10-13-16-19-22-23-26-29-32-35-40-45-46(41-36-37-42,43-38-33-30-27-24-20-17-14-11-8-5-2)44-39-34-31-28-25-21-18-15-12-9-6-3/h4-42H2,1-3H3. The second kappa shape index (κ2) is 39.5. The van der Waals surface area contributed by atoms with E-state index in [-0.39, 0.29) is 0 Å². The monoisotopic (exact) mass is 670 g/mol. The molecule has 0 spiro atoms. The van der Waals surface area contributed by atoms with Gasteiger partial charge in [0.15, 0.2) is 0 Å². The van der Waals surface area contributed by atoms with Gasteiger partial charge in [-0.15, -0.1) is 0 Å². The molecule has 46 heavy (non-hydrogen) atoms. The van der Waals surface area contributed by atoms with E-state index >= 15 is 0 Å². The Balaban J connectivity index is 4.44. The van der Waals surface area contributed by atoms with Crippen LogP contribution in [0.2, 0.25) is 6.04 Å². The lowest BCUT2D eigenvalue weighted by molar-refractivity contribution is 0.0549. The lowest BCUT2D eigenvalue weighted by Crippen LogP contribution is -2.47. The van der Waals surface area contributed by atoms with Crippen LogP contribution in [-0.2, 0) is 13.3 Å². The van der Waals surface area contributed by atoms with Crippen molar-refractivity contribution in [2.45, 2.75) is 239 Å². The molecule has 0 aromatic carbocycles. The molecule has 0 aromatic heterocycles. The Kier molecular flexibility index (Phi) is 39.5. The summed E-state index contributed by atoms with van der Waals surface area (Å²) in [5, 5.41) is 0. The number of nitrogens with two attached hydrogens (primary N) is 1. The molecule has 0 aromatic rings. The van der Waals surface area contributed by atoms with Gasteiger partial charge in [-0.2, -0.15) is 0 Å². The molecule has 2 N–H and O–H groups in total. The van der Waals surface area contributed by atoms with Crippen LogP contribution in [0, 0.1) is 0 Å². The molecule has 0 fully saturated rings. The van der Waals surface area contributed by atoms with Crippen LogP contribution in [-0.4, -0.2) is 35.2 Å². The molecule has 5 heteroatoms. The van der Waals surface area contributed by atoms with Gasteiger partial charge in [-0.25, -0.2) is 0 Å². The summed E-state index contributed by atoms with van der Waals surface area (Å²) in [6.07, 6.45) is 44.2. The van der Waals surface area contributed by atoms with Crippen LogP contribution in [0.5, 0.6) is 0 Å². The maximum atomic E-state index is 6.65. The third kappa shape index (κ3) is 33.9. The molecular formula is C41H87NO3Si. The summed E-state index contributed by atoms with van der Waals surface area (Å²) >= 11 is 0. The maximum Gasteiger partial charge on any atom is 0.501 e. The van der Waals surface area contributed by atoms with Crippen molar-refractivity contribution in [2.24, 2.45) is 5.73 Å². The molecule has 0 atom stereocenters. The highest BCUT2D eigenvalue weighted by molar-refractivity contribution is 6.60. The molecule has 0 bridgehead atoms. The first-order valence-electron chi connectivity index (χ1n) is 21.4. The highest BCUT2D eigenvalue weighted by atomic mass is 28.4. The molecule has 0 heterocycles. The van der Waals surface area contributed by atoms with Crippen molar-refractivity contribution in [1.29, 1.82) is 0 Å². The summed E-state index contributed by atoms with van der Waals surface area (Å²) in [6, 6.07) is 0.872. The van der Waals surface area contributed by atoms with Crippen LogP contribution in [0.25, 0.3) is 0 Å². The van der Waals surface area contributed by atoms with Crippen molar-refractivity contribution >= 4 is 8.80 Å². The molecule has 4 nitrogen and oxygen atoms in total. The Labute approximate surface area is 292 Å². The van der Waals surface area contributed by atoms with E-state index in [1.165, 1.54) is 186 Å². The third-order valence-electron chi connectivity index (χ3n) is 9.65. The van der Waals surface area contributed by atoms with Gasteiger partial charge in [-0.1, -0.05) is 207 Å². The van der Waals surface area contributed by atoms with E-state index < -0.39 is 8.80 Å². The Morgan fingerprint density at radius 2 is 0.522 bits per heavy atom. The highest BCUT2D eigenvalue weighted by Crippen LogP contribution is 2.22. The average Bonchev–Trinajstić information content (AvgIpc) is 3.07. The Morgan fingerprint density at radius 3 is 0.739 bits per heavy atom. The van der Waals surface area contributed by atoms with E-state index in [1.54, 1.807) is 0 Å². The minimum Gasteiger partial charge on any atom is -0.373 e. The van der Waals surface area contributed by atoms with Crippen LogP contribution in [0.4, 0.5) is 0 Å². The van der Waals surface area contributed by atoms with Crippen LogP contribution < -0.4 is 5.73 Å². The van der Waals surface area contributed by atoms with E-state index in [1.807, 2.05) is 0 Å². The molecule has 0 amide bonds. The van der Waals surface area contributed by atoms with Gasteiger partial charge in [-0.3, -0.25) is 0 Å². The molecule has 0 radical (unpaired) electrons. The van der Waals surface area contributed by atoms with Gasteiger partial charge in [0.05, 0.1) is 0 Å². The molecule has 0 saturated heterocycles. The zero-order valence-electron chi connectivity index (χ0n) is 32.2. The molecule has 278 valence electrons. The normalized spacial score (nSPS) is 12.0. The van der Waals surface area contributed by atoms with Crippen molar-refractivity contribution in [3.8, 4) is 0 Å². The Hall–Kier alpha value is 0.0569. The molecule has 0 aliphatic heterocycles. The molecule has 0 rings (SSSR count). The fourth-order valence-electron chi connectivity index (χ4n) is 6.47. The summed E-state index contributed by atoms with van der Waals surface area (Å²) in [5.74, 6) is 0. The van der Waals surface area contributed by atoms with Crippen molar-refractivity contribution in [3.05, 3.63) is 0 Å². The van der Waals surface area contributed by atoms with Crippen molar-refractivity contribution in [2.75, 3.05) is 26.4 Å². The molecule has 0 aliphatic rings. The summed E-state index contributed by atoms with van der Waals surface area (Å²) in [4.78, 5) is 0. The second-order valence-electron chi connectivity index (χ2n) is 14.4. The van der Waals surface area contributed by atoms with Crippen molar-refractivity contribution in [1.82, 2.24) is 0 Å². The molecule has 0 unspecified atom stereocenters. The molecular weight excluding hydrogens is 583 g/mol. The first-order chi connectivity index (χ1) is 22.7. The van der Waals surface area contributed by atoms with E-state index in [9.17, 15) is 0 Å². The average molecular weight is 670 g/mol. The topological polar surface area (TPSA) is 53.7 Å². The van der Waals surface area contributed by atoms with E-state index in [2.05, 4.69) is 20.8 Å². The van der Waals surface area contributed by atoms with E-state index in [0.29, 0.717) is 6.54 Å². The lowest BCUT2D eigenvalue weighted by atomic mass is 10.1. The van der Waals surface area contributed by atoms with Crippen LogP contribution in [0.15, 0.2) is 0 Å². The van der Waals surface area contributed by atoms with E-state index in [0.717, 1.165) is 51.5 Å². The predicted octanol–water partition coefficient (Wildman–Crippen LogP) is 13.9. The lowest BCUT2D eigenvalue weighted by Gasteiger charge is -2.30. The molecule has 0 aliphatic carbocycles. The first kappa shape index (κ1) is 46.1. The summed E-state index contributed by atoms with van der Waals surface area (Å²) in [5.41, 5.74) is 5.99. The SMILES string of the molecule is CCCCCCCCCCCCCCO[Si](CCCN)(OCCCCCCCCCCCC)OCCCCCCCCCCCC. The van der Waals surface area contributed by atoms with Gasteiger partial charge in [0.2, 0.25) is 0 Å². The predicted molar refractivity (Wildman–Crippen MR) is 207 cm³/mol. The number of rotatable bonds is 41. The van der Waals surface area contributed by atoms with Crippen LogP contribution >= 0.6 is 0 Å². The Morgan fingerprint density at radius 1 is 0.304 bits per heavy atom. The smallest absolute Gasteiger partial charge is 0.373 e. The Bertz CT molecular complexity index is 524. The maximum absolute atomic E-state index is 6.65. The number of hydrogen-bond acceptors (Lipinski definition) is 4. The van der Waals surface area contributed by atoms with Gasteiger partial charge in [0.1, 0.15) is 0 Å². The van der Waals surface area contributed by atoms with Gasteiger partial charge in [0, 0.05) is 25.9 Å². The summed E-state index contributed by atoms with van der Waals surface area (Å²) in [6.45, 7) is 9.91. The van der Waals surface area contributed by atoms with Gasteiger partial charge in [0.25, 0.3) is 0 Å². The second-order valence-corrected chi connectivity index (χ2v) is 17.1. The van der Waals surface area contributed by atoms with Crippen LogP contribution in [0.3, 0.4) is 0 Å². The van der Waals surface area contributed by atoms with E-state index in [4.69, 9.17) is 19.0 Å². The summed E-state index contributed by atoms with van der Waals surface area (Å²) in [7, 11) is -2.68. The quantitative estimate of drug-likeness (QED) is 0.0520. The van der Waals surface area contributed by atoms with Gasteiger partial charge >= 0.3 is 8.80 Å². The van der Waals surface area contributed by atoms with Gasteiger partial charge in [-0.05, 0) is 32.2 Å². The minimum atomic E-state index is -2.68. The number of unbranched alkanes of at least 4 members (excludes halogenated alkanes) is 29. The van der Waals surface area contributed by atoms with Crippen molar-refractivity contribution in [3.63, 3.8) is 0 Å². The fraction of sp³-hybridized carbons (Fsp3) is 1.00.